The van der Waals surface area contributed by atoms with E-state index in [1.54, 1.807) is 32.4 Å². The summed E-state index contributed by atoms with van der Waals surface area (Å²) >= 11 is 5.50. The molecule has 6 nitrogen and oxygen atoms in total. The number of phenols is 1. The molecule has 26 heavy (non-hydrogen) atoms. The van der Waals surface area contributed by atoms with E-state index in [0.717, 1.165) is 5.56 Å². The molecule has 1 unspecified atom stereocenters. The Balaban J connectivity index is 1.79. The van der Waals surface area contributed by atoms with Crippen LogP contribution in [0.4, 0.5) is 0 Å². The maximum Gasteiger partial charge on any atom is 0.207 e. The minimum Gasteiger partial charge on any atom is -0.504 e. The van der Waals surface area contributed by atoms with Gasteiger partial charge in [-0.05, 0) is 30.2 Å². The molecule has 0 saturated heterocycles. The van der Waals surface area contributed by atoms with Gasteiger partial charge >= 0.3 is 0 Å². The first-order valence-electron chi connectivity index (χ1n) is 8.03. The van der Waals surface area contributed by atoms with E-state index in [1.807, 2.05) is 18.2 Å². The Morgan fingerprint density at radius 2 is 1.92 bits per heavy atom. The number of methoxy groups -OCH3 is 2. The Kier molecular flexibility index (Phi) is 4.08. The molecule has 2 aliphatic heterocycles. The lowest BCUT2D eigenvalue weighted by Gasteiger charge is -2.28. The van der Waals surface area contributed by atoms with Gasteiger partial charge < -0.3 is 19.3 Å². The summed E-state index contributed by atoms with van der Waals surface area (Å²) in [5, 5.41) is 10.1. The zero-order valence-corrected chi connectivity index (χ0v) is 15.0. The predicted octanol–water partition coefficient (Wildman–Crippen LogP) is 3.15. The second-order valence-electron chi connectivity index (χ2n) is 5.89. The molecule has 2 heterocycles. The maximum atomic E-state index is 10.1. The molecule has 0 aromatic heterocycles. The summed E-state index contributed by atoms with van der Waals surface area (Å²) in [5.41, 5.74) is 1.54. The molecule has 7 heteroatoms. The number of hydrogen-bond acceptors (Lipinski definition) is 6. The van der Waals surface area contributed by atoms with Gasteiger partial charge in [-0.15, -0.1) is 0 Å². The highest BCUT2D eigenvalue weighted by molar-refractivity contribution is 7.80. The molecule has 0 spiro atoms. The van der Waals surface area contributed by atoms with E-state index in [0.29, 0.717) is 46.0 Å². The van der Waals surface area contributed by atoms with Crippen LogP contribution in [-0.2, 0) is 6.42 Å². The van der Waals surface area contributed by atoms with Crippen molar-refractivity contribution < 1.29 is 19.3 Å². The molecule has 1 atom stereocenters. The third-order valence-electron chi connectivity index (χ3n) is 4.38. The highest BCUT2D eigenvalue weighted by Crippen LogP contribution is 2.39. The summed E-state index contributed by atoms with van der Waals surface area (Å²) < 4.78 is 16.7. The standard InChI is InChI=1S/C19H16N2O4S/c1-23-14-8-4-6-11(16(14)24-2)17-20-18-12(19(26)21-17)9-10-5-3-7-13(22)15(10)25-18/h3-8,12,22H,9H2,1-2H3. The molecular weight excluding hydrogens is 352 g/mol. The molecule has 0 fully saturated rings. The van der Waals surface area contributed by atoms with Crippen LogP contribution < -0.4 is 14.2 Å². The van der Waals surface area contributed by atoms with E-state index in [2.05, 4.69) is 9.98 Å². The van der Waals surface area contributed by atoms with Gasteiger partial charge in [0.2, 0.25) is 5.90 Å². The van der Waals surface area contributed by atoms with Crippen LogP contribution in [-0.4, -0.2) is 36.0 Å². The fourth-order valence-electron chi connectivity index (χ4n) is 3.12. The van der Waals surface area contributed by atoms with Crippen molar-refractivity contribution in [2.24, 2.45) is 15.9 Å². The number of hydrogen-bond donors (Lipinski definition) is 1. The largest absolute Gasteiger partial charge is 0.504 e. The Bertz CT molecular complexity index is 968. The number of benzene rings is 2. The number of aliphatic imine (C=N–C) groups is 2. The highest BCUT2D eigenvalue weighted by atomic mass is 32.1. The number of fused-ring (bicyclic) bond motifs is 2. The summed E-state index contributed by atoms with van der Waals surface area (Å²) in [6.07, 6.45) is 0.591. The predicted molar refractivity (Wildman–Crippen MR) is 102 cm³/mol. The first-order chi connectivity index (χ1) is 12.6. The topological polar surface area (TPSA) is 72.6 Å². The normalized spacial score (nSPS) is 18.1. The van der Waals surface area contributed by atoms with Crippen molar-refractivity contribution in [2.75, 3.05) is 14.2 Å². The summed E-state index contributed by atoms with van der Waals surface area (Å²) in [4.78, 5) is 9.55. The van der Waals surface area contributed by atoms with Gasteiger partial charge in [0.15, 0.2) is 28.8 Å². The van der Waals surface area contributed by atoms with E-state index >= 15 is 0 Å². The lowest BCUT2D eigenvalue weighted by molar-refractivity contribution is 0.354. The number of amidine groups is 1. The van der Waals surface area contributed by atoms with Crippen molar-refractivity contribution in [2.45, 2.75) is 6.42 Å². The number of ether oxygens (including phenoxy) is 3. The molecule has 4 rings (SSSR count). The fraction of sp³-hybridized carbons (Fsp3) is 0.211. The maximum absolute atomic E-state index is 10.1. The zero-order valence-electron chi connectivity index (χ0n) is 14.2. The number of rotatable bonds is 3. The molecule has 2 aliphatic rings. The van der Waals surface area contributed by atoms with Crippen LogP contribution in [0, 0.1) is 5.92 Å². The summed E-state index contributed by atoms with van der Waals surface area (Å²) in [5.74, 6) is 2.21. The zero-order chi connectivity index (χ0) is 18.3. The smallest absolute Gasteiger partial charge is 0.207 e. The first-order valence-corrected chi connectivity index (χ1v) is 8.44. The van der Waals surface area contributed by atoms with Crippen LogP contribution in [0.2, 0.25) is 0 Å². The first kappa shape index (κ1) is 16.5. The van der Waals surface area contributed by atoms with Crippen LogP contribution in [0.5, 0.6) is 23.0 Å². The van der Waals surface area contributed by atoms with Crippen molar-refractivity contribution in [1.29, 1.82) is 0 Å². The molecule has 2 aromatic carbocycles. The van der Waals surface area contributed by atoms with Gasteiger partial charge in [-0.2, -0.15) is 4.99 Å². The lowest BCUT2D eigenvalue weighted by Crippen LogP contribution is -2.36. The number of phenolic OH excluding ortho intramolecular Hbond substituents is 1. The van der Waals surface area contributed by atoms with E-state index in [4.69, 9.17) is 26.4 Å². The number of nitrogens with zero attached hydrogens (tertiary/aromatic N) is 2. The van der Waals surface area contributed by atoms with Gasteiger partial charge in [0.05, 0.1) is 25.7 Å². The molecule has 0 radical (unpaired) electrons. The van der Waals surface area contributed by atoms with Gasteiger partial charge in [0.25, 0.3) is 0 Å². The second kappa shape index (κ2) is 6.42. The van der Waals surface area contributed by atoms with Crippen molar-refractivity contribution in [3.8, 4) is 23.0 Å². The van der Waals surface area contributed by atoms with Crippen molar-refractivity contribution >= 4 is 28.9 Å². The number of aromatic hydroxyl groups is 1. The molecule has 0 aliphatic carbocycles. The molecular formula is C19H16N2O4S. The minimum atomic E-state index is -0.223. The SMILES string of the molecule is COc1cccc(C2=NC(=S)C3Cc4cccc(O)c4OC3=N2)c1OC. The Morgan fingerprint density at radius 3 is 2.69 bits per heavy atom. The van der Waals surface area contributed by atoms with Gasteiger partial charge in [0.1, 0.15) is 4.99 Å². The monoisotopic (exact) mass is 368 g/mol. The van der Waals surface area contributed by atoms with Crippen molar-refractivity contribution in [3.63, 3.8) is 0 Å². The van der Waals surface area contributed by atoms with Crippen LogP contribution in [0.3, 0.4) is 0 Å². The molecule has 132 valence electrons. The van der Waals surface area contributed by atoms with E-state index in [9.17, 15) is 5.11 Å². The average Bonchev–Trinajstić information content (AvgIpc) is 2.66. The molecule has 1 N–H and O–H groups in total. The van der Waals surface area contributed by atoms with Crippen LogP contribution in [0.15, 0.2) is 46.4 Å². The third-order valence-corrected chi connectivity index (χ3v) is 4.75. The van der Waals surface area contributed by atoms with Crippen LogP contribution in [0.25, 0.3) is 0 Å². The Hall–Kier alpha value is -2.93. The van der Waals surface area contributed by atoms with E-state index in [-0.39, 0.29) is 11.7 Å². The fourth-order valence-corrected chi connectivity index (χ4v) is 3.39. The van der Waals surface area contributed by atoms with Gasteiger partial charge in [0, 0.05) is 0 Å². The number of thiocarbonyl (C=S) groups is 1. The Morgan fingerprint density at radius 1 is 1.12 bits per heavy atom. The molecule has 0 amide bonds. The minimum absolute atomic E-state index is 0.0811. The average molecular weight is 368 g/mol. The Labute approximate surface area is 155 Å². The van der Waals surface area contributed by atoms with E-state index in [1.165, 1.54) is 0 Å². The molecule has 2 aromatic rings. The number of para-hydroxylation sites is 2. The van der Waals surface area contributed by atoms with Gasteiger partial charge in [-0.3, -0.25) is 0 Å². The molecule has 0 saturated carbocycles. The second-order valence-corrected chi connectivity index (χ2v) is 6.31. The lowest BCUT2D eigenvalue weighted by atomic mass is 9.94. The van der Waals surface area contributed by atoms with E-state index < -0.39 is 0 Å². The van der Waals surface area contributed by atoms with Crippen molar-refractivity contribution in [1.82, 2.24) is 0 Å². The summed E-state index contributed by atoms with van der Waals surface area (Å²) in [6.45, 7) is 0. The summed E-state index contributed by atoms with van der Waals surface area (Å²) in [6, 6.07) is 10.7. The van der Waals surface area contributed by atoms with Crippen molar-refractivity contribution in [3.05, 3.63) is 47.5 Å². The van der Waals surface area contributed by atoms with Crippen LogP contribution >= 0.6 is 12.2 Å². The summed E-state index contributed by atoms with van der Waals surface area (Å²) in [7, 11) is 3.13. The molecule has 0 bridgehead atoms. The van der Waals surface area contributed by atoms with Gasteiger partial charge in [-0.25, -0.2) is 4.99 Å². The quantitative estimate of drug-likeness (QED) is 0.843. The highest BCUT2D eigenvalue weighted by Gasteiger charge is 2.35. The van der Waals surface area contributed by atoms with Gasteiger partial charge in [-0.1, -0.05) is 30.4 Å². The van der Waals surface area contributed by atoms with Crippen LogP contribution in [0.1, 0.15) is 11.1 Å². The third kappa shape index (κ3) is 2.61.